The Morgan fingerprint density at radius 3 is 2.65 bits per heavy atom. The second-order valence-corrected chi connectivity index (χ2v) is 7.26. The van der Waals surface area contributed by atoms with Gasteiger partial charge >= 0.3 is 0 Å². The van der Waals surface area contributed by atoms with Crippen molar-refractivity contribution in [2.45, 2.75) is 65.5 Å². The maximum Gasteiger partial charge on any atom is 0.227 e. The van der Waals surface area contributed by atoms with Crippen molar-refractivity contribution < 1.29 is 4.74 Å². The summed E-state index contributed by atoms with van der Waals surface area (Å²) in [5.74, 6) is 2.56. The number of anilines is 3. The van der Waals surface area contributed by atoms with E-state index in [-0.39, 0.29) is 6.10 Å². The summed E-state index contributed by atoms with van der Waals surface area (Å²) in [6.07, 6.45) is 5.06. The molecule has 1 atom stereocenters. The van der Waals surface area contributed by atoms with Crippen LogP contribution in [-0.2, 0) is 0 Å². The van der Waals surface area contributed by atoms with Crippen molar-refractivity contribution in [2.24, 2.45) is 0 Å². The van der Waals surface area contributed by atoms with Gasteiger partial charge in [0.25, 0.3) is 0 Å². The van der Waals surface area contributed by atoms with E-state index in [1.807, 2.05) is 51.1 Å². The van der Waals surface area contributed by atoms with E-state index in [0.717, 1.165) is 41.9 Å². The Morgan fingerprint density at radius 1 is 1.19 bits per heavy atom. The predicted molar refractivity (Wildman–Crippen MR) is 108 cm³/mol. The molecule has 0 spiro atoms. The molecule has 1 aliphatic rings. The van der Waals surface area contributed by atoms with Gasteiger partial charge in [-0.05, 0) is 70.7 Å². The predicted octanol–water partition coefficient (Wildman–Crippen LogP) is 5.08. The summed E-state index contributed by atoms with van der Waals surface area (Å²) in [6, 6.07) is 10.5. The number of piperidine rings is 1. The fraction of sp³-hybridized carbons (Fsp3) is 0.524. The topological polar surface area (TPSA) is 50.3 Å². The van der Waals surface area contributed by atoms with E-state index in [4.69, 9.17) is 14.7 Å². The third-order valence-corrected chi connectivity index (χ3v) is 4.70. The summed E-state index contributed by atoms with van der Waals surface area (Å²) in [5.41, 5.74) is 1.98. The van der Waals surface area contributed by atoms with Gasteiger partial charge in [0.05, 0.1) is 6.10 Å². The normalized spacial score (nSPS) is 17.4. The van der Waals surface area contributed by atoms with Gasteiger partial charge in [0.15, 0.2) is 0 Å². The van der Waals surface area contributed by atoms with Crippen molar-refractivity contribution in [1.29, 1.82) is 0 Å². The highest BCUT2D eigenvalue weighted by atomic mass is 16.5. The van der Waals surface area contributed by atoms with Crippen molar-refractivity contribution in [3.05, 3.63) is 36.0 Å². The van der Waals surface area contributed by atoms with Crippen LogP contribution < -0.4 is 15.0 Å². The van der Waals surface area contributed by atoms with Gasteiger partial charge in [-0.2, -0.15) is 4.98 Å². The average Bonchev–Trinajstić information content (AvgIpc) is 2.62. The number of nitrogens with zero attached hydrogens (tertiary/aromatic N) is 3. The Hall–Kier alpha value is -2.30. The summed E-state index contributed by atoms with van der Waals surface area (Å²) >= 11 is 0. The van der Waals surface area contributed by atoms with Crippen LogP contribution in [0.3, 0.4) is 0 Å². The van der Waals surface area contributed by atoms with Crippen molar-refractivity contribution in [3.8, 4) is 5.75 Å². The van der Waals surface area contributed by atoms with E-state index < -0.39 is 0 Å². The van der Waals surface area contributed by atoms with E-state index in [0.29, 0.717) is 6.04 Å². The van der Waals surface area contributed by atoms with Crippen LogP contribution in [0.4, 0.5) is 17.5 Å². The van der Waals surface area contributed by atoms with Crippen LogP contribution in [-0.4, -0.2) is 28.7 Å². The van der Waals surface area contributed by atoms with Gasteiger partial charge in [-0.25, -0.2) is 4.98 Å². The highest BCUT2D eigenvalue weighted by Crippen LogP contribution is 2.26. The number of rotatable bonds is 6. The van der Waals surface area contributed by atoms with E-state index in [1.165, 1.54) is 19.3 Å². The minimum atomic E-state index is 0.178. The van der Waals surface area contributed by atoms with E-state index in [2.05, 4.69) is 17.1 Å². The number of aryl methyl sites for hydroxylation is 1. The zero-order valence-corrected chi connectivity index (χ0v) is 16.3. The lowest BCUT2D eigenvalue weighted by molar-refractivity contribution is 0.242. The SMILES string of the molecule is CCC1CCCCN1c1nc(C)cc(Nc2ccc(OC(C)C)cc2)n1. The maximum absolute atomic E-state index is 5.70. The Balaban J connectivity index is 1.77. The Bertz CT molecular complexity index is 714. The molecule has 1 aliphatic heterocycles. The van der Waals surface area contributed by atoms with E-state index in [9.17, 15) is 0 Å². The van der Waals surface area contributed by atoms with Gasteiger partial charge in [-0.1, -0.05) is 6.92 Å². The van der Waals surface area contributed by atoms with Crippen molar-refractivity contribution in [1.82, 2.24) is 9.97 Å². The Kier molecular flexibility index (Phi) is 5.96. The molecule has 2 heterocycles. The lowest BCUT2D eigenvalue weighted by Gasteiger charge is -2.35. The fourth-order valence-electron chi connectivity index (χ4n) is 3.47. The van der Waals surface area contributed by atoms with Crippen LogP contribution >= 0.6 is 0 Å². The molecule has 1 saturated heterocycles. The number of hydrogen-bond donors (Lipinski definition) is 1. The molecule has 3 rings (SSSR count). The third-order valence-electron chi connectivity index (χ3n) is 4.70. The number of nitrogens with one attached hydrogen (secondary N) is 1. The second-order valence-electron chi connectivity index (χ2n) is 7.26. The Morgan fingerprint density at radius 2 is 1.96 bits per heavy atom. The first-order chi connectivity index (χ1) is 12.5. The van der Waals surface area contributed by atoms with Crippen LogP contribution in [0.15, 0.2) is 30.3 Å². The zero-order chi connectivity index (χ0) is 18.5. The lowest BCUT2D eigenvalue weighted by atomic mass is 10.0. The molecule has 0 amide bonds. The van der Waals surface area contributed by atoms with Gasteiger partial charge in [0.2, 0.25) is 5.95 Å². The van der Waals surface area contributed by atoms with Gasteiger partial charge < -0.3 is 15.0 Å². The molecule has 2 aromatic rings. The zero-order valence-electron chi connectivity index (χ0n) is 16.3. The van der Waals surface area contributed by atoms with Crippen LogP contribution in [0, 0.1) is 6.92 Å². The van der Waals surface area contributed by atoms with E-state index in [1.54, 1.807) is 0 Å². The molecule has 0 radical (unpaired) electrons. The van der Waals surface area contributed by atoms with Crippen molar-refractivity contribution in [3.63, 3.8) is 0 Å². The van der Waals surface area contributed by atoms with Crippen molar-refractivity contribution >= 4 is 17.5 Å². The maximum atomic E-state index is 5.70. The first-order valence-electron chi connectivity index (χ1n) is 9.71. The van der Waals surface area contributed by atoms with Crippen LogP contribution in [0.1, 0.15) is 52.1 Å². The average molecular weight is 354 g/mol. The van der Waals surface area contributed by atoms with Crippen molar-refractivity contribution in [2.75, 3.05) is 16.8 Å². The minimum Gasteiger partial charge on any atom is -0.491 e. The highest BCUT2D eigenvalue weighted by Gasteiger charge is 2.23. The van der Waals surface area contributed by atoms with Crippen LogP contribution in [0.25, 0.3) is 0 Å². The van der Waals surface area contributed by atoms with E-state index >= 15 is 0 Å². The Labute approximate surface area is 156 Å². The van der Waals surface area contributed by atoms with Crippen LogP contribution in [0.2, 0.25) is 0 Å². The lowest BCUT2D eigenvalue weighted by Crippen LogP contribution is -2.40. The first-order valence-corrected chi connectivity index (χ1v) is 9.71. The molecule has 1 aromatic heterocycles. The molecule has 1 unspecified atom stereocenters. The molecule has 0 aliphatic carbocycles. The number of ether oxygens (including phenoxy) is 1. The first kappa shape index (κ1) is 18.5. The molecule has 5 nitrogen and oxygen atoms in total. The molecule has 26 heavy (non-hydrogen) atoms. The van der Waals surface area contributed by atoms with Gasteiger partial charge in [-0.15, -0.1) is 0 Å². The highest BCUT2D eigenvalue weighted by molar-refractivity contribution is 5.58. The quantitative estimate of drug-likeness (QED) is 0.783. The molecule has 5 heteroatoms. The summed E-state index contributed by atoms with van der Waals surface area (Å²) in [4.78, 5) is 11.9. The van der Waals surface area contributed by atoms with Gasteiger partial charge in [0, 0.05) is 30.0 Å². The second kappa shape index (κ2) is 8.39. The molecule has 140 valence electrons. The van der Waals surface area contributed by atoms with Gasteiger partial charge in [0.1, 0.15) is 11.6 Å². The molecular weight excluding hydrogens is 324 g/mol. The summed E-state index contributed by atoms with van der Waals surface area (Å²) < 4.78 is 5.70. The summed E-state index contributed by atoms with van der Waals surface area (Å²) in [5, 5.41) is 3.40. The molecule has 0 bridgehead atoms. The largest absolute Gasteiger partial charge is 0.491 e. The molecular formula is C21H30N4O. The smallest absolute Gasteiger partial charge is 0.227 e. The summed E-state index contributed by atoms with van der Waals surface area (Å²) in [6.45, 7) is 9.38. The molecule has 1 fully saturated rings. The number of benzene rings is 1. The van der Waals surface area contributed by atoms with Gasteiger partial charge in [-0.3, -0.25) is 0 Å². The third kappa shape index (κ3) is 4.65. The number of aromatic nitrogens is 2. The minimum absolute atomic E-state index is 0.178. The number of hydrogen-bond acceptors (Lipinski definition) is 5. The molecule has 1 aromatic carbocycles. The fourth-order valence-corrected chi connectivity index (χ4v) is 3.47. The monoisotopic (exact) mass is 354 g/mol. The van der Waals surface area contributed by atoms with Crippen LogP contribution in [0.5, 0.6) is 5.75 Å². The summed E-state index contributed by atoms with van der Waals surface area (Å²) in [7, 11) is 0. The molecule has 1 N–H and O–H groups in total. The standard InChI is InChI=1S/C21H30N4O/c1-5-18-8-6-7-13-25(18)21-22-16(4)14-20(24-21)23-17-9-11-19(12-10-17)26-15(2)3/h9-12,14-15,18H,5-8,13H2,1-4H3,(H,22,23,24). The molecule has 0 saturated carbocycles.